The molecule has 1 aromatic carbocycles. The third-order valence-electron chi connectivity index (χ3n) is 3.19. The molecule has 0 spiro atoms. The zero-order valence-corrected chi connectivity index (χ0v) is 13.8. The summed E-state index contributed by atoms with van der Waals surface area (Å²) in [7, 11) is 0. The quantitative estimate of drug-likeness (QED) is 0.766. The van der Waals surface area contributed by atoms with Gasteiger partial charge in [-0.2, -0.15) is 0 Å². The molecule has 0 aliphatic carbocycles. The number of nitrogens with one attached hydrogen (secondary N) is 1. The highest BCUT2D eigenvalue weighted by atomic mass is 32.2. The summed E-state index contributed by atoms with van der Waals surface area (Å²) in [5.41, 5.74) is 2.41. The highest BCUT2D eigenvalue weighted by Crippen LogP contribution is 2.25. The minimum absolute atomic E-state index is 0.805. The number of hydrogen-bond donors (Lipinski definition) is 1. The van der Waals surface area contributed by atoms with Gasteiger partial charge in [-0.1, -0.05) is 32.0 Å². The Morgan fingerprint density at radius 2 is 1.95 bits per heavy atom. The van der Waals surface area contributed by atoms with E-state index in [1.807, 2.05) is 0 Å². The molecule has 0 atom stereocenters. The third-order valence-corrected chi connectivity index (χ3v) is 4.37. The molecule has 1 N–H and O–H groups in total. The van der Waals surface area contributed by atoms with E-state index < -0.39 is 0 Å². The highest BCUT2D eigenvalue weighted by molar-refractivity contribution is 7.98. The minimum Gasteiger partial charge on any atom is -0.370 e. The van der Waals surface area contributed by atoms with E-state index in [9.17, 15) is 0 Å². The lowest BCUT2D eigenvalue weighted by Crippen LogP contribution is -2.06. The molecular formula is C17H23N3S. The Balaban J connectivity index is 2.09. The average Bonchev–Trinajstić information content (AvgIpc) is 2.52. The Morgan fingerprint density at radius 3 is 2.67 bits per heavy atom. The van der Waals surface area contributed by atoms with Gasteiger partial charge in [-0.25, -0.2) is 9.97 Å². The topological polar surface area (TPSA) is 37.8 Å². The van der Waals surface area contributed by atoms with Gasteiger partial charge < -0.3 is 5.32 Å². The van der Waals surface area contributed by atoms with Crippen LogP contribution < -0.4 is 5.32 Å². The summed E-state index contributed by atoms with van der Waals surface area (Å²) in [6.45, 7) is 7.37. The number of aryl methyl sites for hydroxylation is 2. The van der Waals surface area contributed by atoms with Gasteiger partial charge in [0.1, 0.15) is 11.6 Å². The van der Waals surface area contributed by atoms with Crippen molar-refractivity contribution in [3.8, 4) is 0 Å². The van der Waals surface area contributed by atoms with E-state index in [0.717, 1.165) is 42.5 Å². The predicted molar refractivity (Wildman–Crippen MR) is 90.9 cm³/mol. The summed E-state index contributed by atoms with van der Waals surface area (Å²) in [4.78, 5) is 10.6. The molecule has 3 nitrogen and oxygen atoms in total. The Morgan fingerprint density at radius 1 is 1.14 bits per heavy atom. The number of hydrogen-bond acceptors (Lipinski definition) is 4. The van der Waals surface area contributed by atoms with Crippen molar-refractivity contribution >= 4 is 17.6 Å². The molecule has 4 heteroatoms. The second-order valence-electron chi connectivity index (χ2n) is 5.00. The molecule has 21 heavy (non-hydrogen) atoms. The molecule has 0 aliphatic rings. The molecule has 0 unspecified atom stereocenters. The van der Waals surface area contributed by atoms with E-state index in [0.29, 0.717) is 0 Å². The van der Waals surface area contributed by atoms with Crippen LogP contribution in [0.15, 0.2) is 35.2 Å². The van der Waals surface area contributed by atoms with Crippen molar-refractivity contribution in [2.75, 3.05) is 11.9 Å². The molecule has 0 saturated heterocycles. The first kappa shape index (κ1) is 15.8. The SMILES string of the molecule is CCCNc1cc(CC)nc(CSc2ccccc2C)n1. The van der Waals surface area contributed by atoms with Crippen LogP contribution in [0.3, 0.4) is 0 Å². The summed E-state index contributed by atoms with van der Waals surface area (Å²) >= 11 is 1.80. The van der Waals surface area contributed by atoms with Crippen molar-refractivity contribution in [2.45, 2.75) is 44.3 Å². The van der Waals surface area contributed by atoms with Crippen LogP contribution in [0.25, 0.3) is 0 Å². The molecule has 112 valence electrons. The molecule has 0 saturated carbocycles. The van der Waals surface area contributed by atoms with Crippen molar-refractivity contribution in [3.63, 3.8) is 0 Å². The number of benzene rings is 1. The van der Waals surface area contributed by atoms with E-state index in [4.69, 9.17) is 0 Å². The van der Waals surface area contributed by atoms with Crippen LogP contribution in [0, 0.1) is 6.92 Å². The predicted octanol–water partition coefficient (Wildman–Crippen LogP) is 4.46. The van der Waals surface area contributed by atoms with Crippen molar-refractivity contribution in [2.24, 2.45) is 0 Å². The van der Waals surface area contributed by atoms with Crippen molar-refractivity contribution in [1.82, 2.24) is 9.97 Å². The molecule has 2 rings (SSSR count). The number of rotatable bonds is 7. The molecule has 0 fully saturated rings. The number of anilines is 1. The maximum atomic E-state index is 4.63. The van der Waals surface area contributed by atoms with Gasteiger partial charge in [0.2, 0.25) is 0 Å². The molecule has 1 heterocycles. The molecule has 0 bridgehead atoms. The van der Waals surface area contributed by atoms with Gasteiger partial charge in [0, 0.05) is 23.2 Å². The van der Waals surface area contributed by atoms with Crippen LogP contribution in [0.2, 0.25) is 0 Å². The third kappa shape index (κ3) is 4.74. The molecular weight excluding hydrogens is 278 g/mol. The first-order chi connectivity index (χ1) is 10.2. The summed E-state index contributed by atoms with van der Waals surface area (Å²) in [5.74, 6) is 2.66. The van der Waals surface area contributed by atoms with Crippen LogP contribution in [0.5, 0.6) is 0 Å². The fraction of sp³-hybridized carbons (Fsp3) is 0.412. The van der Waals surface area contributed by atoms with Crippen LogP contribution >= 0.6 is 11.8 Å². The van der Waals surface area contributed by atoms with Crippen molar-refractivity contribution in [1.29, 1.82) is 0 Å². The number of nitrogens with zero attached hydrogens (tertiary/aromatic N) is 2. The molecule has 0 aliphatic heterocycles. The lowest BCUT2D eigenvalue weighted by atomic mass is 10.2. The van der Waals surface area contributed by atoms with E-state index >= 15 is 0 Å². The average molecular weight is 301 g/mol. The second kappa shape index (κ2) is 8.03. The number of thioether (sulfide) groups is 1. The Kier molecular flexibility index (Phi) is 6.05. The standard InChI is InChI=1S/C17H23N3S/c1-4-10-18-16-11-14(5-2)19-17(20-16)12-21-15-9-7-6-8-13(15)3/h6-9,11H,4-5,10,12H2,1-3H3,(H,18,19,20). The fourth-order valence-corrected chi connectivity index (χ4v) is 2.89. The molecule has 0 amide bonds. The van der Waals surface area contributed by atoms with Gasteiger partial charge in [0.25, 0.3) is 0 Å². The lowest BCUT2D eigenvalue weighted by Gasteiger charge is -2.09. The van der Waals surface area contributed by atoms with Crippen molar-refractivity contribution < 1.29 is 0 Å². The monoisotopic (exact) mass is 301 g/mol. The number of aromatic nitrogens is 2. The largest absolute Gasteiger partial charge is 0.370 e. The normalized spacial score (nSPS) is 10.6. The van der Waals surface area contributed by atoms with Gasteiger partial charge in [-0.3, -0.25) is 0 Å². The minimum atomic E-state index is 0.805. The smallest absolute Gasteiger partial charge is 0.141 e. The van der Waals surface area contributed by atoms with E-state index in [1.165, 1.54) is 10.5 Å². The van der Waals surface area contributed by atoms with Crippen molar-refractivity contribution in [3.05, 3.63) is 47.4 Å². The zero-order valence-electron chi connectivity index (χ0n) is 13.0. The Labute approximate surface area is 131 Å². The van der Waals surface area contributed by atoms with Gasteiger partial charge in [0.05, 0.1) is 5.75 Å². The first-order valence-electron chi connectivity index (χ1n) is 7.52. The maximum Gasteiger partial charge on any atom is 0.141 e. The fourth-order valence-electron chi connectivity index (χ4n) is 2.00. The van der Waals surface area contributed by atoms with E-state index in [-0.39, 0.29) is 0 Å². The Hall–Kier alpha value is -1.55. The first-order valence-corrected chi connectivity index (χ1v) is 8.50. The van der Waals surface area contributed by atoms with Gasteiger partial charge in [-0.15, -0.1) is 11.8 Å². The molecule has 2 aromatic rings. The van der Waals surface area contributed by atoms with Gasteiger partial charge in [0.15, 0.2) is 0 Å². The summed E-state index contributed by atoms with van der Waals surface area (Å²) in [6, 6.07) is 10.5. The molecule has 1 aromatic heterocycles. The summed E-state index contributed by atoms with van der Waals surface area (Å²) in [5, 5.41) is 3.36. The molecule has 0 radical (unpaired) electrons. The van der Waals surface area contributed by atoms with Gasteiger partial charge >= 0.3 is 0 Å². The van der Waals surface area contributed by atoms with Gasteiger partial charge in [-0.05, 0) is 31.4 Å². The Bertz CT molecular complexity index is 584. The van der Waals surface area contributed by atoms with Crippen LogP contribution in [-0.4, -0.2) is 16.5 Å². The highest BCUT2D eigenvalue weighted by Gasteiger charge is 2.05. The zero-order chi connectivity index (χ0) is 15.1. The van der Waals surface area contributed by atoms with Crippen LogP contribution in [0.4, 0.5) is 5.82 Å². The summed E-state index contributed by atoms with van der Waals surface area (Å²) < 4.78 is 0. The maximum absolute atomic E-state index is 4.63. The van der Waals surface area contributed by atoms with Crippen LogP contribution in [-0.2, 0) is 12.2 Å². The van der Waals surface area contributed by atoms with E-state index in [2.05, 4.69) is 66.4 Å². The van der Waals surface area contributed by atoms with Crippen LogP contribution in [0.1, 0.15) is 37.4 Å². The van der Waals surface area contributed by atoms with E-state index in [1.54, 1.807) is 11.8 Å². The lowest BCUT2D eigenvalue weighted by molar-refractivity contribution is 0.916. The second-order valence-corrected chi connectivity index (χ2v) is 6.01. The summed E-state index contributed by atoms with van der Waals surface area (Å²) in [6.07, 6.45) is 2.03.